The number of hydrogen-bond donors (Lipinski definition) is 1. The van der Waals surface area contributed by atoms with E-state index in [1.54, 1.807) is 18.3 Å². The van der Waals surface area contributed by atoms with E-state index in [2.05, 4.69) is 9.72 Å². The van der Waals surface area contributed by atoms with Crippen molar-refractivity contribution >= 4 is 11.8 Å². The number of hydrogen-bond acceptors (Lipinski definition) is 6. The summed E-state index contributed by atoms with van der Waals surface area (Å²) in [6, 6.07) is 7.18. The Kier molecular flexibility index (Phi) is 5.08. The van der Waals surface area contributed by atoms with Gasteiger partial charge < -0.3 is 14.6 Å². The van der Waals surface area contributed by atoms with Gasteiger partial charge in [0.15, 0.2) is 0 Å². The fourth-order valence-electron chi connectivity index (χ4n) is 2.04. The van der Waals surface area contributed by atoms with Crippen LogP contribution in [0, 0.1) is 10.1 Å². The maximum atomic E-state index is 10.9. The summed E-state index contributed by atoms with van der Waals surface area (Å²) in [5.74, 6) is 0.428. The van der Waals surface area contributed by atoms with Gasteiger partial charge in [-0.1, -0.05) is 6.07 Å². The van der Waals surface area contributed by atoms with Crippen LogP contribution in [-0.4, -0.2) is 27.8 Å². The van der Waals surface area contributed by atoms with E-state index >= 15 is 0 Å². The molecule has 0 radical (unpaired) electrons. The second-order valence-corrected chi connectivity index (χ2v) is 4.49. The molecule has 23 heavy (non-hydrogen) atoms. The molecule has 8 heteroatoms. The van der Waals surface area contributed by atoms with Crippen LogP contribution in [0.2, 0.25) is 0 Å². The summed E-state index contributed by atoms with van der Waals surface area (Å²) >= 11 is 0. The average molecular weight is 318 g/mol. The standard InChI is InChI=1S/C15H14N2O6/c1-2-22-14-10(4-3-7-16-14)8-11-9-12(17(20)21)5-6-13(11)23-15(18)19/h3-7,9H,2,8H2,1H3,(H,18,19). The zero-order chi connectivity index (χ0) is 16.8. The fourth-order valence-corrected chi connectivity index (χ4v) is 2.04. The topological polar surface area (TPSA) is 112 Å². The van der Waals surface area contributed by atoms with Gasteiger partial charge in [0.05, 0.1) is 11.5 Å². The zero-order valence-electron chi connectivity index (χ0n) is 12.3. The van der Waals surface area contributed by atoms with Crippen LogP contribution in [0.4, 0.5) is 10.5 Å². The normalized spacial score (nSPS) is 10.1. The van der Waals surface area contributed by atoms with Crippen molar-refractivity contribution < 1.29 is 24.3 Å². The molecule has 0 saturated carbocycles. The van der Waals surface area contributed by atoms with E-state index in [-0.39, 0.29) is 17.9 Å². The predicted octanol–water partition coefficient (Wildman–Crippen LogP) is 3.04. The second kappa shape index (κ2) is 7.21. The van der Waals surface area contributed by atoms with E-state index in [4.69, 9.17) is 9.84 Å². The molecular formula is C15H14N2O6. The Morgan fingerprint density at radius 3 is 2.78 bits per heavy atom. The highest BCUT2D eigenvalue weighted by Crippen LogP contribution is 2.29. The Balaban J connectivity index is 2.42. The van der Waals surface area contributed by atoms with Crippen LogP contribution in [0.5, 0.6) is 11.6 Å². The molecular weight excluding hydrogens is 304 g/mol. The lowest BCUT2D eigenvalue weighted by Crippen LogP contribution is -2.07. The first-order valence-corrected chi connectivity index (χ1v) is 6.76. The Hall–Kier alpha value is -3.16. The molecule has 0 bridgehead atoms. The number of carbonyl (C=O) groups is 1. The Bertz CT molecular complexity index is 732. The molecule has 0 amide bonds. The van der Waals surface area contributed by atoms with Gasteiger partial charge in [0.2, 0.25) is 5.88 Å². The molecule has 1 aromatic carbocycles. The van der Waals surface area contributed by atoms with Crippen LogP contribution in [0.3, 0.4) is 0 Å². The lowest BCUT2D eigenvalue weighted by molar-refractivity contribution is -0.384. The number of carboxylic acid groups (broad SMARTS) is 1. The molecule has 1 N–H and O–H groups in total. The van der Waals surface area contributed by atoms with Crippen molar-refractivity contribution in [1.29, 1.82) is 0 Å². The zero-order valence-corrected chi connectivity index (χ0v) is 12.3. The first kappa shape index (κ1) is 16.2. The molecule has 120 valence electrons. The predicted molar refractivity (Wildman–Crippen MR) is 80.0 cm³/mol. The van der Waals surface area contributed by atoms with Crippen molar-refractivity contribution in [2.45, 2.75) is 13.3 Å². The summed E-state index contributed by atoms with van der Waals surface area (Å²) in [7, 11) is 0. The molecule has 2 aromatic rings. The van der Waals surface area contributed by atoms with Crippen molar-refractivity contribution in [3.63, 3.8) is 0 Å². The van der Waals surface area contributed by atoms with Gasteiger partial charge in [-0.3, -0.25) is 10.1 Å². The van der Waals surface area contributed by atoms with Gasteiger partial charge in [-0.25, -0.2) is 9.78 Å². The third-order valence-corrected chi connectivity index (χ3v) is 2.96. The third-order valence-electron chi connectivity index (χ3n) is 2.96. The first-order valence-electron chi connectivity index (χ1n) is 6.76. The summed E-state index contributed by atoms with van der Waals surface area (Å²) in [5, 5.41) is 19.7. The van der Waals surface area contributed by atoms with Crippen LogP contribution in [0.15, 0.2) is 36.5 Å². The number of non-ortho nitro benzene ring substituents is 1. The minimum Gasteiger partial charge on any atom is -0.478 e. The van der Waals surface area contributed by atoms with Gasteiger partial charge in [0, 0.05) is 35.9 Å². The molecule has 0 saturated heterocycles. The smallest absolute Gasteiger partial charge is 0.478 e. The van der Waals surface area contributed by atoms with E-state index < -0.39 is 11.1 Å². The van der Waals surface area contributed by atoms with Gasteiger partial charge in [0.1, 0.15) is 5.75 Å². The summed E-state index contributed by atoms with van der Waals surface area (Å²) in [5.41, 5.74) is 0.875. The molecule has 1 heterocycles. The minimum absolute atomic E-state index is 0.0365. The molecule has 0 atom stereocenters. The van der Waals surface area contributed by atoms with Crippen molar-refractivity contribution in [2.75, 3.05) is 6.61 Å². The van der Waals surface area contributed by atoms with Gasteiger partial charge in [-0.05, 0) is 19.1 Å². The van der Waals surface area contributed by atoms with Gasteiger partial charge in [0.25, 0.3) is 5.69 Å². The van der Waals surface area contributed by atoms with E-state index in [1.165, 1.54) is 18.2 Å². The van der Waals surface area contributed by atoms with Crippen LogP contribution in [-0.2, 0) is 6.42 Å². The van der Waals surface area contributed by atoms with Crippen molar-refractivity contribution in [1.82, 2.24) is 4.98 Å². The second-order valence-electron chi connectivity index (χ2n) is 4.49. The van der Waals surface area contributed by atoms with E-state index in [0.717, 1.165) is 0 Å². The van der Waals surface area contributed by atoms with Crippen LogP contribution in [0.1, 0.15) is 18.1 Å². The van der Waals surface area contributed by atoms with Gasteiger partial charge in [-0.2, -0.15) is 0 Å². The number of nitro groups is 1. The lowest BCUT2D eigenvalue weighted by Gasteiger charge is -2.11. The number of aromatic nitrogens is 1. The first-order chi connectivity index (χ1) is 11.0. The van der Waals surface area contributed by atoms with Crippen molar-refractivity contribution in [3.05, 3.63) is 57.8 Å². The number of nitro benzene ring substituents is 1. The molecule has 0 fully saturated rings. The van der Waals surface area contributed by atoms with E-state index in [0.29, 0.717) is 23.6 Å². The van der Waals surface area contributed by atoms with E-state index in [1.807, 2.05) is 6.92 Å². The average Bonchev–Trinajstić information content (AvgIpc) is 2.50. The third kappa shape index (κ3) is 4.16. The molecule has 1 aromatic heterocycles. The van der Waals surface area contributed by atoms with Gasteiger partial charge >= 0.3 is 6.16 Å². The lowest BCUT2D eigenvalue weighted by atomic mass is 10.0. The molecule has 0 aliphatic heterocycles. The molecule has 2 rings (SSSR count). The molecule has 0 spiro atoms. The summed E-state index contributed by atoms with van der Waals surface area (Å²) in [4.78, 5) is 25.2. The number of nitrogens with zero attached hydrogens (tertiary/aromatic N) is 2. The van der Waals surface area contributed by atoms with Crippen LogP contribution >= 0.6 is 0 Å². The largest absolute Gasteiger partial charge is 0.511 e. The highest BCUT2D eigenvalue weighted by atomic mass is 16.7. The molecule has 0 aliphatic carbocycles. The number of rotatable bonds is 6. The fraction of sp³-hybridized carbons (Fsp3) is 0.200. The SMILES string of the molecule is CCOc1ncccc1Cc1cc([N+](=O)[O-])ccc1OC(=O)O. The van der Waals surface area contributed by atoms with E-state index in [9.17, 15) is 14.9 Å². The Morgan fingerprint density at radius 2 is 2.13 bits per heavy atom. The van der Waals surface area contributed by atoms with Crippen molar-refractivity contribution in [3.8, 4) is 11.6 Å². The summed E-state index contributed by atoms with van der Waals surface area (Å²) < 4.78 is 10.1. The maximum Gasteiger partial charge on any atom is 0.511 e. The summed E-state index contributed by atoms with van der Waals surface area (Å²) in [6.45, 7) is 2.22. The van der Waals surface area contributed by atoms with Crippen LogP contribution < -0.4 is 9.47 Å². The maximum absolute atomic E-state index is 10.9. The molecule has 0 unspecified atom stereocenters. The Labute approximate surface area is 131 Å². The summed E-state index contributed by atoms with van der Waals surface area (Å²) in [6.07, 6.45) is 0.265. The monoisotopic (exact) mass is 318 g/mol. The Morgan fingerprint density at radius 1 is 1.35 bits per heavy atom. The molecule has 0 aliphatic rings. The number of pyridine rings is 1. The number of benzene rings is 1. The molecule has 8 nitrogen and oxygen atoms in total. The van der Waals surface area contributed by atoms with Crippen LogP contribution in [0.25, 0.3) is 0 Å². The number of ether oxygens (including phenoxy) is 2. The van der Waals surface area contributed by atoms with Gasteiger partial charge in [-0.15, -0.1) is 0 Å². The highest BCUT2D eigenvalue weighted by Gasteiger charge is 2.16. The minimum atomic E-state index is -1.49. The highest BCUT2D eigenvalue weighted by molar-refractivity contribution is 5.63. The van der Waals surface area contributed by atoms with Crippen molar-refractivity contribution in [2.24, 2.45) is 0 Å². The quantitative estimate of drug-likeness (QED) is 0.377.